The molecule has 2 heterocycles. The first-order valence-corrected chi connectivity index (χ1v) is 8.36. The SMILES string of the molecule is Cc1nn(Cc2cccc(F)c2F)c(C)c1B1OC(C)(C)C(C)(C)O1. The molecule has 3 rings (SSSR count). The lowest BCUT2D eigenvalue weighted by atomic mass is 9.77. The van der Waals surface area contributed by atoms with E-state index in [1.807, 2.05) is 41.5 Å². The molecule has 7 heteroatoms. The summed E-state index contributed by atoms with van der Waals surface area (Å²) in [5.41, 5.74) is 1.77. The van der Waals surface area contributed by atoms with Gasteiger partial charge in [0, 0.05) is 16.7 Å². The lowest BCUT2D eigenvalue weighted by molar-refractivity contribution is 0.00578. The number of aromatic nitrogens is 2. The molecule has 0 radical (unpaired) electrons. The summed E-state index contributed by atoms with van der Waals surface area (Å²) in [6.07, 6.45) is 0. The topological polar surface area (TPSA) is 36.3 Å². The fourth-order valence-electron chi connectivity index (χ4n) is 3.00. The van der Waals surface area contributed by atoms with Crippen LogP contribution in [0.15, 0.2) is 18.2 Å². The minimum atomic E-state index is -0.856. The highest BCUT2D eigenvalue weighted by Gasteiger charge is 2.53. The van der Waals surface area contributed by atoms with Crippen LogP contribution in [0.25, 0.3) is 0 Å². The highest BCUT2D eigenvalue weighted by molar-refractivity contribution is 6.63. The minimum Gasteiger partial charge on any atom is -0.399 e. The van der Waals surface area contributed by atoms with E-state index < -0.39 is 30.0 Å². The second-order valence-electron chi connectivity index (χ2n) is 7.54. The third kappa shape index (κ3) is 3.00. The molecule has 0 bridgehead atoms. The Bertz CT molecular complexity index is 802. The standard InChI is InChI=1S/C18H23BF2N2O2/c1-11-15(19-24-17(3,4)18(5,6)25-19)12(2)23(22-11)10-13-8-7-9-14(20)16(13)21/h7-9H,10H2,1-6H3. The first-order chi connectivity index (χ1) is 11.5. The second-order valence-corrected chi connectivity index (χ2v) is 7.54. The molecule has 1 aliphatic heterocycles. The van der Waals surface area contributed by atoms with Gasteiger partial charge in [-0.1, -0.05) is 12.1 Å². The number of benzene rings is 1. The van der Waals surface area contributed by atoms with Crippen molar-refractivity contribution in [3.63, 3.8) is 0 Å². The molecule has 0 saturated carbocycles. The molecular weight excluding hydrogens is 325 g/mol. The number of rotatable bonds is 3. The predicted octanol–water partition coefficient (Wildman–Crippen LogP) is 3.13. The van der Waals surface area contributed by atoms with Gasteiger partial charge in [-0.3, -0.25) is 4.68 Å². The molecule has 134 valence electrons. The van der Waals surface area contributed by atoms with Gasteiger partial charge < -0.3 is 9.31 Å². The molecule has 0 unspecified atom stereocenters. The molecule has 1 fully saturated rings. The van der Waals surface area contributed by atoms with Gasteiger partial charge in [0.1, 0.15) is 0 Å². The monoisotopic (exact) mass is 348 g/mol. The normalized spacial score (nSPS) is 18.8. The number of hydrogen-bond donors (Lipinski definition) is 0. The zero-order chi connectivity index (χ0) is 18.6. The van der Waals surface area contributed by atoms with Gasteiger partial charge in [0.05, 0.1) is 23.4 Å². The number of aryl methyl sites for hydroxylation is 1. The van der Waals surface area contributed by atoms with E-state index in [4.69, 9.17) is 9.31 Å². The largest absolute Gasteiger partial charge is 0.498 e. The van der Waals surface area contributed by atoms with Crippen molar-refractivity contribution in [2.45, 2.75) is 59.3 Å². The lowest BCUT2D eigenvalue weighted by Gasteiger charge is -2.32. The van der Waals surface area contributed by atoms with Crippen molar-refractivity contribution < 1.29 is 18.1 Å². The van der Waals surface area contributed by atoms with E-state index in [0.717, 1.165) is 22.9 Å². The van der Waals surface area contributed by atoms with Crippen molar-refractivity contribution in [1.29, 1.82) is 0 Å². The Kier molecular flexibility index (Phi) is 4.28. The number of nitrogens with zero attached hydrogens (tertiary/aromatic N) is 2. The van der Waals surface area contributed by atoms with Gasteiger partial charge in [0.25, 0.3) is 0 Å². The van der Waals surface area contributed by atoms with Gasteiger partial charge in [-0.25, -0.2) is 8.78 Å². The molecule has 0 amide bonds. The average Bonchev–Trinajstić information content (AvgIpc) is 2.88. The lowest BCUT2D eigenvalue weighted by Crippen LogP contribution is -2.41. The highest BCUT2D eigenvalue weighted by Crippen LogP contribution is 2.36. The van der Waals surface area contributed by atoms with E-state index in [2.05, 4.69) is 5.10 Å². The first kappa shape index (κ1) is 18.1. The van der Waals surface area contributed by atoms with Gasteiger partial charge in [-0.05, 0) is 47.6 Å². The molecule has 1 aliphatic rings. The Labute approximate surface area is 147 Å². The third-order valence-corrected chi connectivity index (χ3v) is 5.28. The fourth-order valence-corrected chi connectivity index (χ4v) is 3.00. The maximum absolute atomic E-state index is 14.0. The van der Waals surface area contributed by atoms with Crippen LogP contribution in [0, 0.1) is 25.5 Å². The molecule has 25 heavy (non-hydrogen) atoms. The molecule has 1 aromatic heterocycles. The third-order valence-electron chi connectivity index (χ3n) is 5.28. The van der Waals surface area contributed by atoms with Gasteiger partial charge in [0.15, 0.2) is 11.6 Å². The maximum Gasteiger partial charge on any atom is 0.498 e. The molecule has 0 N–H and O–H groups in total. The number of hydrogen-bond acceptors (Lipinski definition) is 3. The zero-order valence-corrected chi connectivity index (χ0v) is 15.5. The summed E-state index contributed by atoms with van der Waals surface area (Å²) >= 11 is 0. The average molecular weight is 348 g/mol. The summed E-state index contributed by atoms with van der Waals surface area (Å²) in [7, 11) is -0.531. The van der Waals surface area contributed by atoms with Crippen molar-refractivity contribution in [3.8, 4) is 0 Å². The van der Waals surface area contributed by atoms with Gasteiger partial charge in [0.2, 0.25) is 0 Å². The Morgan fingerprint density at radius 2 is 1.68 bits per heavy atom. The van der Waals surface area contributed by atoms with Crippen molar-refractivity contribution in [2.24, 2.45) is 0 Å². The van der Waals surface area contributed by atoms with Gasteiger partial charge >= 0.3 is 7.12 Å². The van der Waals surface area contributed by atoms with Crippen LogP contribution in [0.1, 0.15) is 44.6 Å². The van der Waals surface area contributed by atoms with E-state index in [1.165, 1.54) is 6.07 Å². The molecule has 4 nitrogen and oxygen atoms in total. The van der Waals surface area contributed by atoms with Crippen LogP contribution in [-0.2, 0) is 15.9 Å². The Morgan fingerprint density at radius 1 is 1.08 bits per heavy atom. The minimum absolute atomic E-state index is 0.149. The summed E-state index contributed by atoms with van der Waals surface area (Å²) in [5.74, 6) is -1.70. The Morgan fingerprint density at radius 3 is 2.28 bits per heavy atom. The Hall–Kier alpha value is -1.73. The number of halogens is 2. The van der Waals surface area contributed by atoms with Gasteiger partial charge in [-0.2, -0.15) is 5.10 Å². The van der Waals surface area contributed by atoms with Crippen LogP contribution in [-0.4, -0.2) is 28.1 Å². The second kappa shape index (κ2) is 5.92. The molecule has 0 atom stereocenters. The molecule has 0 aliphatic carbocycles. The molecule has 2 aromatic rings. The molecular formula is C18H23BF2N2O2. The van der Waals surface area contributed by atoms with E-state index >= 15 is 0 Å². The van der Waals surface area contributed by atoms with Crippen LogP contribution in [0.4, 0.5) is 8.78 Å². The molecule has 0 spiro atoms. The van der Waals surface area contributed by atoms with Crippen molar-refractivity contribution in [2.75, 3.05) is 0 Å². The maximum atomic E-state index is 14.0. The highest BCUT2D eigenvalue weighted by atomic mass is 19.2. The van der Waals surface area contributed by atoms with Crippen LogP contribution in [0.3, 0.4) is 0 Å². The molecule has 1 saturated heterocycles. The van der Waals surface area contributed by atoms with Crippen LogP contribution < -0.4 is 5.46 Å². The van der Waals surface area contributed by atoms with Crippen molar-refractivity contribution >= 4 is 12.6 Å². The summed E-state index contributed by atoms with van der Waals surface area (Å²) in [4.78, 5) is 0. The van der Waals surface area contributed by atoms with Crippen LogP contribution in [0.5, 0.6) is 0 Å². The predicted molar refractivity (Wildman–Crippen MR) is 92.9 cm³/mol. The van der Waals surface area contributed by atoms with E-state index in [0.29, 0.717) is 0 Å². The van der Waals surface area contributed by atoms with Crippen LogP contribution in [0.2, 0.25) is 0 Å². The summed E-state index contributed by atoms with van der Waals surface area (Å²) in [6, 6.07) is 4.16. The Balaban J connectivity index is 1.94. The van der Waals surface area contributed by atoms with Gasteiger partial charge in [-0.15, -0.1) is 0 Å². The first-order valence-electron chi connectivity index (χ1n) is 8.36. The van der Waals surface area contributed by atoms with E-state index in [-0.39, 0.29) is 12.1 Å². The zero-order valence-electron chi connectivity index (χ0n) is 15.5. The molecule has 1 aromatic carbocycles. The quantitative estimate of drug-likeness (QED) is 0.800. The van der Waals surface area contributed by atoms with Crippen molar-refractivity contribution in [3.05, 3.63) is 46.8 Å². The summed E-state index contributed by atoms with van der Waals surface area (Å²) in [5, 5.41) is 4.48. The fraction of sp³-hybridized carbons (Fsp3) is 0.500. The van der Waals surface area contributed by atoms with Crippen molar-refractivity contribution in [1.82, 2.24) is 9.78 Å². The van der Waals surface area contributed by atoms with E-state index in [1.54, 1.807) is 10.7 Å². The van der Waals surface area contributed by atoms with E-state index in [9.17, 15) is 8.78 Å². The summed E-state index contributed by atoms with van der Waals surface area (Å²) in [6.45, 7) is 11.9. The van der Waals surface area contributed by atoms with Crippen LogP contribution >= 0.6 is 0 Å². The summed E-state index contributed by atoms with van der Waals surface area (Å²) < 4.78 is 41.3. The smallest absolute Gasteiger partial charge is 0.399 e.